The lowest BCUT2D eigenvalue weighted by Crippen LogP contribution is -2.39. The summed E-state index contributed by atoms with van der Waals surface area (Å²) in [6.07, 6.45) is 3.94. The van der Waals surface area contributed by atoms with Crippen molar-refractivity contribution in [2.75, 3.05) is 13.1 Å². The third kappa shape index (κ3) is 4.10. The van der Waals surface area contributed by atoms with E-state index in [0.29, 0.717) is 6.04 Å². The molecule has 0 heterocycles. The van der Waals surface area contributed by atoms with E-state index in [2.05, 4.69) is 25.7 Å². The first kappa shape index (κ1) is 11.0. The average molecular weight is 184 g/mol. The van der Waals surface area contributed by atoms with Gasteiger partial charge in [-0.1, -0.05) is 20.8 Å². The first-order chi connectivity index (χ1) is 6.13. The van der Waals surface area contributed by atoms with E-state index in [1.54, 1.807) is 0 Å². The second kappa shape index (κ2) is 4.97. The van der Waals surface area contributed by atoms with Gasteiger partial charge in [-0.2, -0.15) is 0 Å². The Balaban J connectivity index is 2.19. The molecule has 1 aliphatic rings. The molecule has 2 N–H and O–H groups in total. The SMILES string of the molecule is CCN(CC(N)CC(C)C)C1CC1. The summed E-state index contributed by atoms with van der Waals surface area (Å²) >= 11 is 0. The van der Waals surface area contributed by atoms with E-state index in [4.69, 9.17) is 5.73 Å². The molecule has 0 radical (unpaired) electrons. The van der Waals surface area contributed by atoms with Gasteiger partial charge >= 0.3 is 0 Å². The first-order valence-corrected chi connectivity index (χ1v) is 5.63. The van der Waals surface area contributed by atoms with Crippen molar-refractivity contribution in [2.24, 2.45) is 11.7 Å². The fraction of sp³-hybridized carbons (Fsp3) is 1.00. The van der Waals surface area contributed by atoms with Crippen LogP contribution in [0.2, 0.25) is 0 Å². The summed E-state index contributed by atoms with van der Waals surface area (Å²) in [4.78, 5) is 2.53. The molecule has 13 heavy (non-hydrogen) atoms. The van der Waals surface area contributed by atoms with Gasteiger partial charge in [-0.15, -0.1) is 0 Å². The molecule has 1 atom stereocenters. The Morgan fingerprint density at radius 1 is 1.38 bits per heavy atom. The fourth-order valence-corrected chi connectivity index (χ4v) is 1.96. The lowest BCUT2D eigenvalue weighted by Gasteiger charge is -2.24. The molecule has 1 aliphatic carbocycles. The van der Waals surface area contributed by atoms with Crippen LogP contribution in [0.4, 0.5) is 0 Å². The highest BCUT2D eigenvalue weighted by Gasteiger charge is 2.28. The molecule has 0 spiro atoms. The monoisotopic (exact) mass is 184 g/mol. The molecule has 0 amide bonds. The number of hydrogen-bond donors (Lipinski definition) is 1. The van der Waals surface area contributed by atoms with Crippen molar-refractivity contribution in [2.45, 2.75) is 52.1 Å². The van der Waals surface area contributed by atoms with Crippen molar-refractivity contribution in [1.82, 2.24) is 4.90 Å². The Labute approximate surface area is 82.5 Å². The van der Waals surface area contributed by atoms with Crippen LogP contribution in [-0.2, 0) is 0 Å². The first-order valence-electron chi connectivity index (χ1n) is 5.63. The van der Waals surface area contributed by atoms with Crippen LogP contribution in [0.3, 0.4) is 0 Å². The lowest BCUT2D eigenvalue weighted by molar-refractivity contribution is 0.248. The van der Waals surface area contributed by atoms with Crippen LogP contribution in [0.5, 0.6) is 0 Å². The van der Waals surface area contributed by atoms with Gasteiger partial charge in [0.15, 0.2) is 0 Å². The minimum atomic E-state index is 0.376. The van der Waals surface area contributed by atoms with Gasteiger partial charge in [0.1, 0.15) is 0 Å². The lowest BCUT2D eigenvalue weighted by atomic mass is 10.0. The maximum absolute atomic E-state index is 6.08. The molecule has 0 aromatic heterocycles. The van der Waals surface area contributed by atoms with Gasteiger partial charge in [-0.3, -0.25) is 4.90 Å². The molecule has 0 aromatic carbocycles. The zero-order valence-electron chi connectivity index (χ0n) is 9.29. The van der Waals surface area contributed by atoms with E-state index in [1.165, 1.54) is 12.8 Å². The normalized spacial score (nSPS) is 19.8. The molecule has 1 unspecified atom stereocenters. The molecule has 0 bridgehead atoms. The van der Waals surface area contributed by atoms with E-state index in [-0.39, 0.29) is 0 Å². The summed E-state index contributed by atoms with van der Waals surface area (Å²) in [5.41, 5.74) is 6.08. The van der Waals surface area contributed by atoms with Crippen molar-refractivity contribution >= 4 is 0 Å². The van der Waals surface area contributed by atoms with E-state index >= 15 is 0 Å². The van der Waals surface area contributed by atoms with Gasteiger partial charge < -0.3 is 5.73 Å². The van der Waals surface area contributed by atoms with Crippen LogP contribution in [-0.4, -0.2) is 30.1 Å². The Bertz CT molecular complexity index is 141. The molecular formula is C11H24N2. The molecule has 1 fully saturated rings. The Morgan fingerprint density at radius 3 is 2.38 bits per heavy atom. The van der Waals surface area contributed by atoms with Gasteiger partial charge in [0.2, 0.25) is 0 Å². The van der Waals surface area contributed by atoms with Crippen LogP contribution in [0.25, 0.3) is 0 Å². The number of likely N-dealkylation sites (N-methyl/N-ethyl adjacent to an activating group) is 1. The largest absolute Gasteiger partial charge is 0.327 e. The van der Waals surface area contributed by atoms with Crippen LogP contribution in [0, 0.1) is 5.92 Å². The zero-order chi connectivity index (χ0) is 9.84. The van der Waals surface area contributed by atoms with Gasteiger partial charge in [-0.05, 0) is 31.7 Å². The number of rotatable bonds is 6. The highest BCUT2D eigenvalue weighted by molar-refractivity contribution is 4.85. The predicted octanol–water partition coefficient (Wildman–Crippen LogP) is 1.84. The summed E-state index contributed by atoms with van der Waals surface area (Å²) in [7, 11) is 0. The Hall–Kier alpha value is -0.0800. The summed E-state index contributed by atoms with van der Waals surface area (Å²) in [6, 6.07) is 1.24. The van der Waals surface area contributed by atoms with Crippen LogP contribution in [0.15, 0.2) is 0 Å². The predicted molar refractivity (Wildman–Crippen MR) is 57.7 cm³/mol. The minimum Gasteiger partial charge on any atom is -0.327 e. The van der Waals surface area contributed by atoms with E-state index in [9.17, 15) is 0 Å². The molecule has 1 rings (SSSR count). The van der Waals surface area contributed by atoms with E-state index < -0.39 is 0 Å². The van der Waals surface area contributed by atoms with Crippen molar-refractivity contribution in [3.05, 3.63) is 0 Å². The Kier molecular flexibility index (Phi) is 4.20. The highest BCUT2D eigenvalue weighted by atomic mass is 15.2. The van der Waals surface area contributed by atoms with Gasteiger partial charge in [0.05, 0.1) is 0 Å². The number of nitrogens with zero attached hydrogens (tertiary/aromatic N) is 1. The average Bonchev–Trinajstić information content (AvgIpc) is 2.81. The maximum atomic E-state index is 6.08. The smallest absolute Gasteiger partial charge is 0.0170 e. The molecule has 1 saturated carbocycles. The van der Waals surface area contributed by atoms with Crippen molar-refractivity contribution in [3.63, 3.8) is 0 Å². The topological polar surface area (TPSA) is 29.3 Å². The van der Waals surface area contributed by atoms with Gasteiger partial charge in [0, 0.05) is 18.6 Å². The summed E-state index contributed by atoms with van der Waals surface area (Å²) in [5.74, 6) is 0.730. The van der Waals surface area contributed by atoms with Crippen LogP contribution < -0.4 is 5.73 Å². The molecule has 0 saturated heterocycles. The van der Waals surface area contributed by atoms with Crippen molar-refractivity contribution in [1.29, 1.82) is 0 Å². The quantitative estimate of drug-likeness (QED) is 0.682. The third-order valence-corrected chi connectivity index (χ3v) is 2.71. The fourth-order valence-electron chi connectivity index (χ4n) is 1.96. The van der Waals surface area contributed by atoms with Crippen molar-refractivity contribution < 1.29 is 0 Å². The third-order valence-electron chi connectivity index (χ3n) is 2.71. The molecule has 2 nitrogen and oxygen atoms in total. The van der Waals surface area contributed by atoms with E-state index in [1.807, 2.05) is 0 Å². The summed E-state index contributed by atoms with van der Waals surface area (Å²) in [6.45, 7) is 8.98. The second-order valence-electron chi connectivity index (χ2n) is 4.71. The van der Waals surface area contributed by atoms with Crippen LogP contribution >= 0.6 is 0 Å². The molecular weight excluding hydrogens is 160 g/mol. The van der Waals surface area contributed by atoms with Crippen LogP contribution in [0.1, 0.15) is 40.0 Å². The summed E-state index contributed by atoms with van der Waals surface area (Å²) < 4.78 is 0. The maximum Gasteiger partial charge on any atom is 0.0170 e. The van der Waals surface area contributed by atoms with Gasteiger partial charge in [-0.25, -0.2) is 0 Å². The van der Waals surface area contributed by atoms with Gasteiger partial charge in [0.25, 0.3) is 0 Å². The van der Waals surface area contributed by atoms with Crippen molar-refractivity contribution in [3.8, 4) is 0 Å². The molecule has 78 valence electrons. The molecule has 0 aromatic rings. The molecule has 0 aliphatic heterocycles. The zero-order valence-corrected chi connectivity index (χ0v) is 9.29. The standard InChI is InChI=1S/C11H24N2/c1-4-13(11-5-6-11)8-10(12)7-9(2)3/h9-11H,4-8,12H2,1-3H3. The van der Waals surface area contributed by atoms with E-state index in [0.717, 1.165) is 31.5 Å². The second-order valence-corrected chi connectivity index (χ2v) is 4.71. The summed E-state index contributed by atoms with van der Waals surface area (Å²) in [5, 5.41) is 0. The Morgan fingerprint density at radius 2 is 2.00 bits per heavy atom. The number of hydrogen-bond acceptors (Lipinski definition) is 2. The molecule has 2 heteroatoms. The highest BCUT2D eigenvalue weighted by Crippen LogP contribution is 2.26. The minimum absolute atomic E-state index is 0.376. The number of nitrogens with two attached hydrogens (primary N) is 1.